The van der Waals surface area contributed by atoms with Crippen LogP contribution in [0.15, 0.2) is 23.2 Å². The van der Waals surface area contributed by atoms with Crippen molar-refractivity contribution >= 4 is 23.3 Å². The molecule has 0 N–H and O–H groups in total. The number of carbonyl (C=O) groups excluding carboxylic acids is 1. The maximum atomic E-state index is 12.7. The molecule has 2 aliphatic carbocycles. The number of aryl methyl sites for hydroxylation is 1. The van der Waals surface area contributed by atoms with Crippen LogP contribution in [0.5, 0.6) is 0 Å². The van der Waals surface area contributed by atoms with Gasteiger partial charge in [0.1, 0.15) is 0 Å². The molecule has 1 aromatic carbocycles. The Hall–Kier alpha value is -1.31. The maximum Gasteiger partial charge on any atom is 0.260 e. The summed E-state index contributed by atoms with van der Waals surface area (Å²) in [6.45, 7) is 8.95. The molecule has 2 nitrogen and oxygen atoms in total. The molecule has 0 saturated heterocycles. The molecule has 0 bridgehead atoms. The minimum absolute atomic E-state index is 0.0583. The predicted molar refractivity (Wildman–Crippen MR) is 102 cm³/mol. The second-order valence-electron chi connectivity index (χ2n) is 8.36. The summed E-state index contributed by atoms with van der Waals surface area (Å²) in [7, 11) is 0. The molecule has 0 unspecified atom stereocenters. The van der Waals surface area contributed by atoms with Crippen LogP contribution in [0.25, 0.3) is 0 Å². The fourth-order valence-corrected chi connectivity index (χ4v) is 5.38. The highest BCUT2D eigenvalue weighted by Crippen LogP contribution is 2.57. The third kappa shape index (κ3) is 2.59. The number of fused-ring (bicyclic) bond motifs is 3. The molecule has 0 aliphatic heterocycles. The Morgan fingerprint density at radius 2 is 2.08 bits per heavy atom. The van der Waals surface area contributed by atoms with Gasteiger partial charge in [0.25, 0.3) is 5.91 Å². The van der Waals surface area contributed by atoms with Gasteiger partial charge in [-0.1, -0.05) is 52.3 Å². The van der Waals surface area contributed by atoms with Crippen molar-refractivity contribution in [1.29, 1.82) is 0 Å². The first-order chi connectivity index (χ1) is 11.3. The number of aliphatic imine (C=N–C) groups is 1. The van der Waals surface area contributed by atoms with Crippen molar-refractivity contribution in [2.45, 2.75) is 71.1 Å². The topological polar surface area (TPSA) is 29.4 Å². The summed E-state index contributed by atoms with van der Waals surface area (Å²) in [5.74, 6) is 0.808. The number of benzene rings is 1. The lowest BCUT2D eigenvalue weighted by Crippen LogP contribution is -2.52. The van der Waals surface area contributed by atoms with Crippen LogP contribution in [0, 0.1) is 11.3 Å². The van der Waals surface area contributed by atoms with E-state index < -0.39 is 5.41 Å². The number of nitrogens with zero attached hydrogens (tertiary/aromatic N) is 1. The molecule has 1 aromatic rings. The molecule has 128 valence electrons. The summed E-state index contributed by atoms with van der Waals surface area (Å²) < 4.78 is 0. The average molecular weight is 342 g/mol. The highest BCUT2D eigenvalue weighted by molar-refractivity contribution is 7.78. The third-order valence-corrected chi connectivity index (χ3v) is 6.77. The van der Waals surface area contributed by atoms with Crippen LogP contribution < -0.4 is 0 Å². The van der Waals surface area contributed by atoms with Gasteiger partial charge in [0.2, 0.25) is 0 Å². The second kappa shape index (κ2) is 6.20. The standard InChI is InChI=1S/C21H27NOS/c1-14(2)15-6-8-17-16(12-15)7-9-18-20(17,3)10-5-11-21(18,4)19(23)22-13-24/h6,8,12,14,18H,5,7,9-11H2,1-4H3/t18-,20-,21-/m1/s1. The summed E-state index contributed by atoms with van der Waals surface area (Å²) in [5.41, 5.74) is 4.00. The lowest BCUT2D eigenvalue weighted by atomic mass is 9.49. The number of amides is 1. The zero-order valence-corrected chi connectivity index (χ0v) is 16.0. The van der Waals surface area contributed by atoms with Crippen LogP contribution in [0.1, 0.15) is 76.0 Å². The number of rotatable bonds is 2. The Balaban J connectivity index is 2.06. The Labute approximate surface area is 150 Å². The van der Waals surface area contributed by atoms with Crippen molar-refractivity contribution in [1.82, 2.24) is 0 Å². The molecule has 3 heteroatoms. The van der Waals surface area contributed by atoms with E-state index in [0.717, 1.165) is 32.1 Å². The summed E-state index contributed by atoms with van der Waals surface area (Å²) in [5, 5.41) is 2.30. The first kappa shape index (κ1) is 17.5. The highest BCUT2D eigenvalue weighted by atomic mass is 32.1. The zero-order valence-electron chi connectivity index (χ0n) is 15.2. The van der Waals surface area contributed by atoms with Gasteiger partial charge in [-0.25, -0.2) is 0 Å². The van der Waals surface area contributed by atoms with Crippen LogP contribution in [0.4, 0.5) is 0 Å². The first-order valence-electron chi connectivity index (χ1n) is 9.08. The average Bonchev–Trinajstić information content (AvgIpc) is 2.54. The minimum Gasteiger partial charge on any atom is -0.271 e. The molecule has 0 spiro atoms. The van der Waals surface area contributed by atoms with Gasteiger partial charge in [0, 0.05) is 0 Å². The number of hydrogen-bond donors (Lipinski definition) is 0. The van der Waals surface area contributed by atoms with Crippen LogP contribution in [-0.4, -0.2) is 11.1 Å². The molecule has 24 heavy (non-hydrogen) atoms. The van der Waals surface area contributed by atoms with E-state index in [4.69, 9.17) is 0 Å². The lowest BCUT2D eigenvalue weighted by Gasteiger charge is -2.54. The van der Waals surface area contributed by atoms with Crippen molar-refractivity contribution in [3.8, 4) is 0 Å². The monoisotopic (exact) mass is 341 g/mol. The Morgan fingerprint density at radius 1 is 1.33 bits per heavy atom. The van der Waals surface area contributed by atoms with Gasteiger partial charge in [0.05, 0.1) is 10.6 Å². The molecular formula is C21H27NOS. The van der Waals surface area contributed by atoms with Crippen molar-refractivity contribution in [3.63, 3.8) is 0 Å². The molecule has 1 saturated carbocycles. The molecule has 0 heterocycles. The number of thiocarbonyl (C=S) groups is 1. The van der Waals surface area contributed by atoms with E-state index >= 15 is 0 Å². The van der Waals surface area contributed by atoms with Crippen LogP contribution in [0.2, 0.25) is 0 Å². The quantitative estimate of drug-likeness (QED) is 0.529. The minimum atomic E-state index is -0.410. The van der Waals surface area contributed by atoms with E-state index in [9.17, 15) is 4.79 Å². The molecule has 3 atom stereocenters. The van der Waals surface area contributed by atoms with Gasteiger partial charge in [-0.2, -0.15) is 4.99 Å². The number of carbonyl (C=O) groups is 1. The molecule has 3 rings (SSSR count). The van der Waals surface area contributed by atoms with Crippen molar-refractivity contribution < 1.29 is 4.79 Å². The Kier molecular flexibility index (Phi) is 4.53. The fourth-order valence-electron chi connectivity index (χ4n) is 5.30. The highest BCUT2D eigenvalue weighted by Gasteiger charge is 2.54. The van der Waals surface area contributed by atoms with Gasteiger partial charge in [0.15, 0.2) is 0 Å². The zero-order chi connectivity index (χ0) is 17.5. The summed E-state index contributed by atoms with van der Waals surface area (Å²) in [6.07, 6.45) is 5.23. The molecule has 0 radical (unpaired) electrons. The first-order valence-corrected chi connectivity index (χ1v) is 9.49. The SMILES string of the molecule is CC(C)c1ccc2c(c1)CC[C@H]1[C@](C)(C(=O)N=C=S)CCC[C@]21C. The maximum absolute atomic E-state index is 12.7. The number of hydrogen-bond acceptors (Lipinski definition) is 2. The largest absolute Gasteiger partial charge is 0.271 e. The normalized spacial score (nSPS) is 31.8. The third-order valence-electron chi connectivity index (χ3n) is 6.68. The Morgan fingerprint density at radius 3 is 2.75 bits per heavy atom. The van der Waals surface area contributed by atoms with Gasteiger partial charge in [-0.05, 0) is 71.8 Å². The van der Waals surface area contributed by atoms with Gasteiger partial charge < -0.3 is 0 Å². The van der Waals surface area contributed by atoms with Crippen LogP contribution in [0.3, 0.4) is 0 Å². The summed E-state index contributed by atoms with van der Waals surface area (Å²) >= 11 is 4.69. The van der Waals surface area contributed by atoms with Gasteiger partial charge in [-0.15, -0.1) is 0 Å². The van der Waals surface area contributed by atoms with Crippen molar-refractivity contribution in [2.24, 2.45) is 16.3 Å². The lowest BCUT2D eigenvalue weighted by molar-refractivity contribution is -0.135. The molecule has 2 aliphatic rings. The van der Waals surface area contributed by atoms with E-state index in [1.54, 1.807) is 0 Å². The predicted octanol–water partition coefficient (Wildman–Crippen LogP) is 5.45. The van der Waals surface area contributed by atoms with E-state index in [2.05, 4.69) is 68.3 Å². The smallest absolute Gasteiger partial charge is 0.260 e. The van der Waals surface area contributed by atoms with Gasteiger partial charge >= 0.3 is 0 Å². The van der Waals surface area contributed by atoms with Crippen molar-refractivity contribution in [3.05, 3.63) is 34.9 Å². The van der Waals surface area contributed by atoms with E-state index in [1.165, 1.54) is 16.7 Å². The summed E-state index contributed by atoms with van der Waals surface area (Å²) in [6, 6.07) is 7.00. The van der Waals surface area contributed by atoms with E-state index in [-0.39, 0.29) is 11.3 Å². The van der Waals surface area contributed by atoms with Crippen LogP contribution in [-0.2, 0) is 16.6 Å². The number of isothiocyanates is 1. The van der Waals surface area contributed by atoms with Gasteiger partial charge in [-0.3, -0.25) is 4.79 Å². The van der Waals surface area contributed by atoms with E-state index in [1.807, 2.05) is 0 Å². The van der Waals surface area contributed by atoms with E-state index in [0.29, 0.717) is 11.8 Å². The van der Waals surface area contributed by atoms with Crippen molar-refractivity contribution in [2.75, 3.05) is 0 Å². The molecule has 0 aromatic heterocycles. The Bertz CT molecular complexity index is 719. The molecular weight excluding hydrogens is 314 g/mol. The second-order valence-corrected chi connectivity index (χ2v) is 8.54. The molecule has 1 amide bonds. The molecule has 1 fully saturated rings. The fraction of sp³-hybridized carbons (Fsp3) is 0.619. The van der Waals surface area contributed by atoms with Crippen LogP contribution >= 0.6 is 12.2 Å². The summed E-state index contributed by atoms with van der Waals surface area (Å²) in [4.78, 5) is 16.5.